The lowest BCUT2D eigenvalue weighted by molar-refractivity contribution is 0.0671. The first-order chi connectivity index (χ1) is 12.9. The number of hydrogen-bond acceptors (Lipinski definition) is 3. The molecule has 2 aromatic rings. The van der Waals surface area contributed by atoms with Gasteiger partial charge in [0.15, 0.2) is 0 Å². The molecule has 0 saturated carbocycles. The molecule has 0 radical (unpaired) electrons. The SMILES string of the molecule is CC[C@H](C)N(Cc1ccccc1)C(=O)c1cccc(N2CCCS2(=O)=O)c1. The van der Waals surface area contributed by atoms with Gasteiger partial charge in [-0.3, -0.25) is 9.10 Å². The summed E-state index contributed by atoms with van der Waals surface area (Å²) >= 11 is 0. The average Bonchev–Trinajstić information content (AvgIpc) is 3.05. The third-order valence-corrected chi connectivity index (χ3v) is 6.93. The van der Waals surface area contributed by atoms with Crippen LogP contribution in [-0.4, -0.2) is 37.6 Å². The van der Waals surface area contributed by atoms with Gasteiger partial charge in [0.05, 0.1) is 11.4 Å². The summed E-state index contributed by atoms with van der Waals surface area (Å²) in [6.45, 7) is 5.10. The van der Waals surface area contributed by atoms with Crippen LogP contribution in [0.15, 0.2) is 54.6 Å². The molecule has 5 nitrogen and oxygen atoms in total. The van der Waals surface area contributed by atoms with E-state index in [2.05, 4.69) is 6.92 Å². The molecule has 1 atom stereocenters. The number of sulfonamides is 1. The Balaban J connectivity index is 1.89. The van der Waals surface area contributed by atoms with Gasteiger partial charge in [-0.15, -0.1) is 0 Å². The number of carbonyl (C=O) groups is 1. The zero-order chi connectivity index (χ0) is 19.4. The number of benzene rings is 2. The predicted molar refractivity (Wildman–Crippen MR) is 108 cm³/mol. The molecule has 0 aromatic heterocycles. The van der Waals surface area contributed by atoms with E-state index in [1.807, 2.05) is 42.2 Å². The molecule has 0 N–H and O–H groups in total. The van der Waals surface area contributed by atoms with Crippen LogP contribution in [0.3, 0.4) is 0 Å². The van der Waals surface area contributed by atoms with Crippen LogP contribution < -0.4 is 4.31 Å². The molecule has 0 unspecified atom stereocenters. The Kier molecular flexibility index (Phi) is 5.85. The molecule has 1 aliphatic heterocycles. The van der Waals surface area contributed by atoms with E-state index in [0.29, 0.717) is 30.8 Å². The van der Waals surface area contributed by atoms with Gasteiger partial charge in [0.25, 0.3) is 5.91 Å². The molecule has 1 fully saturated rings. The highest BCUT2D eigenvalue weighted by atomic mass is 32.2. The third-order valence-electron chi connectivity index (χ3n) is 5.06. The van der Waals surface area contributed by atoms with E-state index in [1.165, 1.54) is 4.31 Å². The Hall–Kier alpha value is -2.34. The molecule has 0 bridgehead atoms. The molecule has 144 valence electrons. The molecule has 0 aliphatic carbocycles. The van der Waals surface area contributed by atoms with Crippen molar-refractivity contribution in [2.24, 2.45) is 0 Å². The largest absolute Gasteiger partial charge is 0.332 e. The van der Waals surface area contributed by atoms with Gasteiger partial charge in [0.1, 0.15) is 0 Å². The first-order valence-corrected chi connectivity index (χ1v) is 11.0. The normalized spacial score (nSPS) is 16.9. The number of carbonyl (C=O) groups excluding carboxylic acids is 1. The fraction of sp³-hybridized carbons (Fsp3) is 0.381. The van der Waals surface area contributed by atoms with Crippen molar-refractivity contribution in [3.05, 3.63) is 65.7 Å². The smallest absolute Gasteiger partial charge is 0.254 e. The average molecular weight is 387 g/mol. The van der Waals surface area contributed by atoms with Crippen LogP contribution in [-0.2, 0) is 16.6 Å². The van der Waals surface area contributed by atoms with Crippen molar-refractivity contribution in [2.75, 3.05) is 16.6 Å². The molecule has 1 aliphatic rings. The van der Waals surface area contributed by atoms with E-state index in [9.17, 15) is 13.2 Å². The highest BCUT2D eigenvalue weighted by molar-refractivity contribution is 7.93. The van der Waals surface area contributed by atoms with Crippen LogP contribution in [0.4, 0.5) is 5.69 Å². The van der Waals surface area contributed by atoms with Crippen molar-refractivity contribution in [1.82, 2.24) is 4.90 Å². The van der Waals surface area contributed by atoms with Gasteiger partial charge < -0.3 is 4.90 Å². The second kappa shape index (κ2) is 8.13. The van der Waals surface area contributed by atoms with Crippen molar-refractivity contribution >= 4 is 21.6 Å². The van der Waals surface area contributed by atoms with Crippen molar-refractivity contribution < 1.29 is 13.2 Å². The quantitative estimate of drug-likeness (QED) is 0.761. The molecule has 3 rings (SSSR count). The number of hydrogen-bond donors (Lipinski definition) is 0. The third kappa shape index (κ3) is 4.33. The van der Waals surface area contributed by atoms with E-state index in [1.54, 1.807) is 24.3 Å². The second-order valence-electron chi connectivity index (χ2n) is 6.97. The van der Waals surface area contributed by atoms with E-state index in [0.717, 1.165) is 12.0 Å². The lowest BCUT2D eigenvalue weighted by atomic mass is 10.1. The first-order valence-electron chi connectivity index (χ1n) is 9.37. The van der Waals surface area contributed by atoms with Crippen LogP contribution in [0.5, 0.6) is 0 Å². The van der Waals surface area contributed by atoms with Crippen molar-refractivity contribution in [3.8, 4) is 0 Å². The summed E-state index contributed by atoms with van der Waals surface area (Å²) in [7, 11) is -3.26. The monoisotopic (exact) mass is 386 g/mol. The summed E-state index contributed by atoms with van der Waals surface area (Å²) < 4.78 is 25.8. The Morgan fingerprint density at radius 2 is 1.89 bits per heavy atom. The minimum absolute atomic E-state index is 0.0772. The lowest BCUT2D eigenvalue weighted by Crippen LogP contribution is -2.38. The minimum atomic E-state index is -3.26. The maximum absolute atomic E-state index is 13.2. The summed E-state index contributed by atoms with van der Waals surface area (Å²) in [5.41, 5.74) is 2.16. The maximum atomic E-state index is 13.2. The van der Waals surface area contributed by atoms with Crippen molar-refractivity contribution in [2.45, 2.75) is 39.3 Å². The van der Waals surface area contributed by atoms with E-state index >= 15 is 0 Å². The summed E-state index contributed by atoms with van der Waals surface area (Å²) in [6.07, 6.45) is 1.46. The van der Waals surface area contributed by atoms with Gasteiger partial charge in [-0.2, -0.15) is 0 Å². The number of anilines is 1. The molecular weight excluding hydrogens is 360 g/mol. The van der Waals surface area contributed by atoms with Gasteiger partial charge in [-0.05, 0) is 43.5 Å². The number of rotatable bonds is 6. The molecule has 2 aromatic carbocycles. The molecule has 1 saturated heterocycles. The van der Waals surface area contributed by atoms with E-state index < -0.39 is 10.0 Å². The Labute approximate surface area is 161 Å². The molecular formula is C21H26N2O3S. The molecule has 1 heterocycles. The standard InChI is InChI=1S/C21H26N2O3S/c1-3-17(2)22(16-18-9-5-4-6-10-18)21(24)19-11-7-12-20(15-19)23-13-8-14-27(23,25)26/h4-7,9-12,15,17H,3,8,13-14,16H2,1-2H3/t17-/m0/s1. The van der Waals surface area contributed by atoms with Gasteiger partial charge in [-0.1, -0.05) is 43.3 Å². The van der Waals surface area contributed by atoms with Crippen molar-refractivity contribution in [1.29, 1.82) is 0 Å². The van der Waals surface area contributed by atoms with Crippen LogP contribution in [0.2, 0.25) is 0 Å². The summed E-state index contributed by atoms with van der Waals surface area (Å²) in [6, 6.07) is 17.0. The maximum Gasteiger partial charge on any atom is 0.254 e. The highest BCUT2D eigenvalue weighted by Gasteiger charge is 2.29. The topological polar surface area (TPSA) is 57.7 Å². The minimum Gasteiger partial charge on any atom is -0.332 e. The highest BCUT2D eigenvalue weighted by Crippen LogP contribution is 2.26. The van der Waals surface area contributed by atoms with Gasteiger partial charge >= 0.3 is 0 Å². The molecule has 1 amide bonds. The van der Waals surface area contributed by atoms with E-state index in [-0.39, 0.29) is 17.7 Å². The van der Waals surface area contributed by atoms with Gasteiger partial charge in [-0.25, -0.2) is 8.42 Å². The Morgan fingerprint density at radius 3 is 2.52 bits per heavy atom. The van der Waals surface area contributed by atoms with Crippen LogP contribution >= 0.6 is 0 Å². The lowest BCUT2D eigenvalue weighted by Gasteiger charge is -2.29. The van der Waals surface area contributed by atoms with Crippen LogP contribution in [0.1, 0.15) is 42.6 Å². The Morgan fingerprint density at radius 1 is 1.15 bits per heavy atom. The van der Waals surface area contributed by atoms with Crippen molar-refractivity contribution in [3.63, 3.8) is 0 Å². The second-order valence-corrected chi connectivity index (χ2v) is 8.98. The number of nitrogens with zero attached hydrogens (tertiary/aromatic N) is 2. The van der Waals surface area contributed by atoms with Gasteiger partial charge in [0.2, 0.25) is 10.0 Å². The Bertz CT molecular complexity index is 897. The number of amides is 1. The van der Waals surface area contributed by atoms with Crippen LogP contribution in [0, 0.1) is 0 Å². The summed E-state index contributed by atoms with van der Waals surface area (Å²) in [5.74, 6) is 0.0877. The van der Waals surface area contributed by atoms with E-state index in [4.69, 9.17) is 0 Å². The molecule has 27 heavy (non-hydrogen) atoms. The summed E-state index contributed by atoms with van der Waals surface area (Å²) in [5, 5.41) is 0. The zero-order valence-electron chi connectivity index (χ0n) is 15.8. The predicted octanol–water partition coefficient (Wildman–Crippen LogP) is 3.67. The first kappa shape index (κ1) is 19.4. The fourth-order valence-electron chi connectivity index (χ4n) is 3.32. The fourth-order valence-corrected chi connectivity index (χ4v) is 4.87. The van der Waals surface area contributed by atoms with Gasteiger partial charge in [0, 0.05) is 24.7 Å². The molecule has 0 spiro atoms. The van der Waals surface area contributed by atoms with Crippen LogP contribution in [0.25, 0.3) is 0 Å². The zero-order valence-corrected chi connectivity index (χ0v) is 16.7. The summed E-state index contributed by atoms with van der Waals surface area (Å²) in [4.78, 5) is 15.1. The molecule has 6 heteroatoms.